The Hall–Kier alpha value is -4.65. The number of anilines is 1. The summed E-state index contributed by atoms with van der Waals surface area (Å²) in [5.41, 5.74) is 2.47. The highest BCUT2D eigenvalue weighted by molar-refractivity contribution is 6.31. The van der Waals surface area contributed by atoms with Crippen LogP contribution in [0.25, 0.3) is 22.5 Å². The molecule has 2 amide bonds. The first-order chi connectivity index (χ1) is 18.4. The number of imidazole rings is 1. The number of benzene rings is 1. The molecule has 2 aliphatic rings. The van der Waals surface area contributed by atoms with E-state index in [4.69, 9.17) is 16.7 Å². The van der Waals surface area contributed by atoms with Crippen LogP contribution in [0.2, 0.25) is 5.02 Å². The minimum Gasteiger partial charge on any atom is -0.465 e. The first-order valence-corrected chi connectivity index (χ1v) is 12.0. The van der Waals surface area contributed by atoms with Crippen molar-refractivity contribution in [1.82, 2.24) is 40.1 Å². The molecular weight excluding hydrogens is 517 g/mol. The number of aromatic amines is 1. The molecule has 0 spiro atoms. The average molecular weight is 536 g/mol. The van der Waals surface area contributed by atoms with Gasteiger partial charge in [-0.2, -0.15) is 4.68 Å². The molecule has 38 heavy (non-hydrogen) atoms. The lowest BCUT2D eigenvalue weighted by Crippen LogP contribution is -2.39. The number of nitrogens with zero attached hydrogens (tertiary/aromatic N) is 7. The van der Waals surface area contributed by atoms with Crippen LogP contribution >= 0.6 is 11.6 Å². The Morgan fingerprint density at radius 3 is 2.89 bits per heavy atom. The van der Waals surface area contributed by atoms with Gasteiger partial charge in [-0.3, -0.25) is 10.1 Å². The Bertz CT molecular complexity index is 1590. The van der Waals surface area contributed by atoms with Gasteiger partial charge in [0, 0.05) is 29.4 Å². The lowest BCUT2D eigenvalue weighted by atomic mass is 9.92. The van der Waals surface area contributed by atoms with Crippen LogP contribution < -0.4 is 5.32 Å². The number of aromatic nitrogens is 7. The Morgan fingerprint density at radius 1 is 1.24 bits per heavy atom. The number of nitrogens with one attached hydrogen (secondary N) is 2. The molecule has 192 valence electrons. The number of carboxylic acid groups (broad SMARTS) is 1. The first kappa shape index (κ1) is 23.7. The number of rotatable bonds is 5. The van der Waals surface area contributed by atoms with Crippen LogP contribution in [0.15, 0.2) is 49.1 Å². The summed E-state index contributed by atoms with van der Waals surface area (Å²) in [6, 6.07) is 5.91. The van der Waals surface area contributed by atoms with Gasteiger partial charge >= 0.3 is 6.09 Å². The van der Waals surface area contributed by atoms with E-state index in [0.29, 0.717) is 47.6 Å². The third-order valence-corrected chi connectivity index (χ3v) is 7.01. The largest absolute Gasteiger partial charge is 0.465 e. The monoisotopic (exact) mass is 535 g/mol. The summed E-state index contributed by atoms with van der Waals surface area (Å²) < 4.78 is 16.6. The maximum atomic E-state index is 15.3. The molecule has 5 heterocycles. The van der Waals surface area contributed by atoms with Crippen LogP contribution in [0.5, 0.6) is 0 Å². The fraction of sp³-hybridized carbons (Fsp3) is 0.208. The van der Waals surface area contributed by atoms with Crippen molar-refractivity contribution in [2.75, 3.05) is 5.32 Å². The normalized spacial score (nSPS) is 18.8. The average Bonchev–Trinajstić information content (AvgIpc) is 3.66. The zero-order valence-corrected chi connectivity index (χ0v) is 20.3. The quantitative estimate of drug-likeness (QED) is 0.348. The lowest BCUT2D eigenvalue weighted by molar-refractivity contribution is -0.129. The summed E-state index contributed by atoms with van der Waals surface area (Å²) >= 11 is 6.10. The summed E-state index contributed by atoms with van der Waals surface area (Å²) in [6.07, 6.45) is 6.51. The van der Waals surface area contributed by atoms with Gasteiger partial charge in [0.1, 0.15) is 18.0 Å². The zero-order valence-electron chi connectivity index (χ0n) is 19.5. The van der Waals surface area contributed by atoms with Gasteiger partial charge in [0.05, 0.1) is 28.6 Å². The zero-order chi connectivity index (χ0) is 26.4. The third-order valence-electron chi connectivity index (χ3n) is 6.72. The van der Waals surface area contributed by atoms with Crippen molar-refractivity contribution in [3.8, 4) is 16.9 Å². The molecule has 3 N–H and O–H groups in total. The van der Waals surface area contributed by atoms with E-state index in [2.05, 4.69) is 35.8 Å². The number of halogens is 2. The fourth-order valence-electron chi connectivity index (χ4n) is 5.13. The number of carbonyl (C=O) groups is 2. The molecule has 0 bridgehead atoms. The highest BCUT2D eigenvalue weighted by atomic mass is 35.5. The van der Waals surface area contributed by atoms with E-state index in [1.54, 1.807) is 29.3 Å². The van der Waals surface area contributed by atoms with Gasteiger partial charge in [0.2, 0.25) is 5.91 Å². The van der Waals surface area contributed by atoms with E-state index in [1.807, 2.05) is 0 Å². The Labute approximate surface area is 219 Å². The second kappa shape index (κ2) is 9.34. The molecule has 2 aliphatic heterocycles. The highest BCUT2D eigenvalue weighted by Crippen LogP contribution is 2.44. The van der Waals surface area contributed by atoms with E-state index in [9.17, 15) is 9.59 Å². The lowest BCUT2D eigenvalue weighted by Gasteiger charge is -2.33. The molecule has 0 saturated carbocycles. The van der Waals surface area contributed by atoms with E-state index < -0.39 is 11.9 Å². The number of H-pyrrole nitrogens is 1. The molecule has 0 aliphatic carbocycles. The van der Waals surface area contributed by atoms with Gasteiger partial charge in [0.25, 0.3) is 0 Å². The molecular formula is C24H19ClFN9O3. The van der Waals surface area contributed by atoms with Crippen molar-refractivity contribution < 1.29 is 19.1 Å². The van der Waals surface area contributed by atoms with E-state index >= 15 is 4.39 Å². The fourth-order valence-corrected chi connectivity index (χ4v) is 5.29. The first-order valence-electron chi connectivity index (χ1n) is 11.6. The Morgan fingerprint density at radius 2 is 2.11 bits per heavy atom. The van der Waals surface area contributed by atoms with E-state index in [1.165, 1.54) is 29.3 Å². The maximum Gasteiger partial charge on any atom is 0.410 e. The van der Waals surface area contributed by atoms with Crippen molar-refractivity contribution in [2.45, 2.75) is 31.3 Å². The SMILES string of the molecule is O=C(O)Nc1cc(-c2cnc([C@@H]3CC[C@@H]4CC(c5c(-n6cnnn6)ccc(Cl)c5F)=CC(=O)N43)[nH]2)ccn1. The molecule has 0 unspecified atom stereocenters. The number of amides is 2. The van der Waals surface area contributed by atoms with Crippen LogP contribution in [0.1, 0.15) is 36.7 Å². The van der Waals surface area contributed by atoms with Gasteiger partial charge in [-0.15, -0.1) is 5.10 Å². The molecule has 2 atom stereocenters. The van der Waals surface area contributed by atoms with Gasteiger partial charge in [-0.1, -0.05) is 11.6 Å². The topological polar surface area (TPSA) is 155 Å². The molecule has 1 saturated heterocycles. The summed E-state index contributed by atoms with van der Waals surface area (Å²) in [5.74, 6) is -0.0899. The molecule has 4 aromatic rings. The molecule has 12 nitrogen and oxygen atoms in total. The van der Waals surface area contributed by atoms with Gasteiger partial charge in [-0.25, -0.2) is 19.2 Å². The second-order valence-corrected chi connectivity index (χ2v) is 9.33. The van der Waals surface area contributed by atoms with Crippen LogP contribution in [0.3, 0.4) is 0 Å². The highest BCUT2D eigenvalue weighted by Gasteiger charge is 2.42. The summed E-state index contributed by atoms with van der Waals surface area (Å²) in [7, 11) is 0. The summed E-state index contributed by atoms with van der Waals surface area (Å²) in [6.45, 7) is 0. The van der Waals surface area contributed by atoms with Crippen molar-refractivity contribution in [1.29, 1.82) is 0 Å². The van der Waals surface area contributed by atoms with E-state index in [0.717, 1.165) is 0 Å². The van der Waals surface area contributed by atoms with E-state index in [-0.39, 0.29) is 34.4 Å². The number of pyridine rings is 1. The molecule has 6 rings (SSSR count). The standard InChI is InChI=1S/C24H19ClFN9O3/c25-15-2-4-17(34-11-29-32-33-34)21(22(15)26)13-7-14-1-3-18(35(14)20(36)9-13)23-28-10-16(30-23)12-5-6-27-19(8-12)31-24(37)38/h2,4-6,8-11,14,18H,1,3,7H2,(H,27,31)(H,28,30)(H,37,38)/t14-,18+/m1/s1. The van der Waals surface area contributed by atoms with Crippen molar-refractivity contribution in [3.63, 3.8) is 0 Å². The predicted molar refractivity (Wildman–Crippen MR) is 133 cm³/mol. The minimum atomic E-state index is -1.21. The number of tetrazole rings is 1. The number of fused-ring (bicyclic) bond motifs is 1. The maximum absolute atomic E-state index is 15.3. The molecule has 1 fully saturated rings. The number of hydrogen-bond acceptors (Lipinski definition) is 7. The Kier molecular flexibility index (Phi) is 5.83. The molecule has 14 heteroatoms. The Balaban J connectivity index is 1.29. The van der Waals surface area contributed by atoms with Gasteiger partial charge < -0.3 is 15.0 Å². The van der Waals surface area contributed by atoms with Crippen molar-refractivity contribution in [2.24, 2.45) is 0 Å². The second-order valence-electron chi connectivity index (χ2n) is 8.92. The smallest absolute Gasteiger partial charge is 0.410 e. The van der Waals surface area contributed by atoms with Crippen molar-refractivity contribution >= 4 is 35.0 Å². The number of carbonyl (C=O) groups excluding carboxylic acids is 1. The van der Waals surface area contributed by atoms with Crippen LogP contribution in [0, 0.1) is 5.82 Å². The van der Waals surface area contributed by atoms with Gasteiger partial charge in [-0.05, 0) is 59.5 Å². The van der Waals surface area contributed by atoms with Crippen LogP contribution in [-0.4, -0.2) is 63.2 Å². The third kappa shape index (κ3) is 4.16. The predicted octanol–water partition coefficient (Wildman–Crippen LogP) is 3.85. The minimum absolute atomic E-state index is 0.0576. The van der Waals surface area contributed by atoms with Crippen LogP contribution in [0.4, 0.5) is 15.0 Å². The van der Waals surface area contributed by atoms with Crippen molar-refractivity contribution in [3.05, 3.63) is 71.3 Å². The molecule has 1 aromatic carbocycles. The van der Waals surface area contributed by atoms with Gasteiger partial charge in [0.15, 0.2) is 5.82 Å². The molecule has 3 aromatic heterocycles. The summed E-state index contributed by atoms with van der Waals surface area (Å²) in [5, 5.41) is 22.2. The van der Waals surface area contributed by atoms with Crippen LogP contribution in [-0.2, 0) is 4.79 Å². The molecule has 0 radical (unpaired) electrons. The number of hydrogen-bond donors (Lipinski definition) is 3. The summed E-state index contributed by atoms with van der Waals surface area (Å²) in [4.78, 5) is 37.9.